The molecule has 0 aliphatic carbocycles. The minimum Gasteiger partial charge on any atom is -0.354 e. The molecule has 1 aliphatic rings. The Balaban J connectivity index is 2.13. The summed E-state index contributed by atoms with van der Waals surface area (Å²) in [6.07, 6.45) is 2.67. The van der Waals surface area contributed by atoms with Gasteiger partial charge in [0.25, 0.3) is 5.91 Å². The van der Waals surface area contributed by atoms with Crippen LogP contribution < -0.4 is 11.1 Å². The van der Waals surface area contributed by atoms with E-state index in [9.17, 15) is 18.4 Å². The van der Waals surface area contributed by atoms with Gasteiger partial charge in [-0.05, 0) is 31.4 Å². The number of carbonyl (C=O) groups is 2. The molecule has 8 heteroatoms. The lowest BCUT2D eigenvalue weighted by Crippen LogP contribution is -2.49. The summed E-state index contributed by atoms with van der Waals surface area (Å²) in [5.41, 5.74) is 5.25. The zero-order valence-corrected chi connectivity index (χ0v) is 13.9. The Morgan fingerprint density at radius 2 is 2.00 bits per heavy atom. The van der Waals surface area contributed by atoms with Crippen molar-refractivity contribution in [3.8, 4) is 0 Å². The van der Waals surface area contributed by atoms with E-state index in [1.165, 1.54) is 0 Å². The molecule has 1 aromatic rings. The van der Waals surface area contributed by atoms with Crippen LogP contribution in [0.15, 0.2) is 12.1 Å². The largest absolute Gasteiger partial charge is 0.354 e. The van der Waals surface area contributed by atoms with Crippen LogP contribution >= 0.6 is 11.6 Å². The number of hydrogen-bond acceptors (Lipinski definition) is 3. The Morgan fingerprint density at radius 1 is 1.29 bits per heavy atom. The van der Waals surface area contributed by atoms with Crippen molar-refractivity contribution in [2.45, 2.75) is 31.7 Å². The monoisotopic (exact) mass is 359 g/mol. The van der Waals surface area contributed by atoms with Gasteiger partial charge in [0, 0.05) is 32.1 Å². The summed E-state index contributed by atoms with van der Waals surface area (Å²) in [6, 6.07) is 1.40. The van der Waals surface area contributed by atoms with E-state index in [4.69, 9.17) is 17.3 Å². The first kappa shape index (κ1) is 18.6. The highest BCUT2D eigenvalue weighted by Crippen LogP contribution is 2.25. The molecule has 1 atom stereocenters. The third-order valence-corrected chi connectivity index (χ3v) is 4.35. The predicted molar refractivity (Wildman–Crippen MR) is 86.7 cm³/mol. The van der Waals surface area contributed by atoms with Crippen LogP contribution in [0.5, 0.6) is 0 Å². The van der Waals surface area contributed by atoms with E-state index in [0.29, 0.717) is 13.1 Å². The van der Waals surface area contributed by atoms with Gasteiger partial charge in [0.2, 0.25) is 5.91 Å². The molecule has 0 saturated carbocycles. The maximum atomic E-state index is 13.4. The molecular weight excluding hydrogens is 340 g/mol. The second-order valence-electron chi connectivity index (χ2n) is 5.74. The average Bonchev–Trinajstić information content (AvgIpc) is 2.56. The summed E-state index contributed by atoms with van der Waals surface area (Å²) in [4.78, 5) is 25.8. The van der Waals surface area contributed by atoms with Gasteiger partial charge in [0.1, 0.15) is 0 Å². The molecule has 5 nitrogen and oxygen atoms in total. The number of halogens is 3. The van der Waals surface area contributed by atoms with Gasteiger partial charge in [-0.15, -0.1) is 0 Å². The summed E-state index contributed by atoms with van der Waals surface area (Å²) < 4.78 is 26.6. The number of carbonyl (C=O) groups excluding carboxylic acids is 2. The lowest BCUT2D eigenvalue weighted by atomic mass is 10.0. The summed E-state index contributed by atoms with van der Waals surface area (Å²) >= 11 is 5.89. The van der Waals surface area contributed by atoms with E-state index >= 15 is 0 Å². The SMILES string of the molecule is NCCC(=O)NCC1CCCCN1C(=O)c1cc(F)c(F)cc1Cl. The van der Waals surface area contributed by atoms with Crippen molar-refractivity contribution >= 4 is 23.4 Å². The van der Waals surface area contributed by atoms with Gasteiger partial charge in [-0.1, -0.05) is 11.6 Å². The van der Waals surface area contributed by atoms with Gasteiger partial charge < -0.3 is 16.0 Å². The fourth-order valence-electron chi connectivity index (χ4n) is 2.77. The van der Waals surface area contributed by atoms with Crippen LogP contribution in [0.25, 0.3) is 0 Å². The Bertz CT molecular complexity index is 628. The third-order valence-electron chi connectivity index (χ3n) is 4.03. The number of amides is 2. The Morgan fingerprint density at radius 3 is 2.71 bits per heavy atom. The molecule has 0 radical (unpaired) electrons. The highest BCUT2D eigenvalue weighted by atomic mass is 35.5. The Hall–Kier alpha value is -1.73. The smallest absolute Gasteiger partial charge is 0.255 e. The first-order chi connectivity index (χ1) is 11.4. The fraction of sp³-hybridized carbons (Fsp3) is 0.500. The van der Waals surface area contributed by atoms with Crippen LogP contribution in [-0.4, -0.2) is 42.4 Å². The van der Waals surface area contributed by atoms with Crippen molar-refractivity contribution in [1.82, 2.24) is 10.2 Å². The molecule has 2 rings (SSSR count). The van der Waals surface area contributed by atoms with Crippen LogP contribution in [0.4, 0.5) is 8.78 Å². The normalized spacial score (nSPS) is 17.7. The molecule has 1 saturated heterocycles. The van der Waals surface area contributed by atoms with E-state index in [0.717, 1.165) is 31.4 Å². The van der Waals surface area contributed by atoms with Gasteiger partial charge in [-0.25, -0.2) is 8.78 Å². The van der Waals surface area contributed by atoms with Crippen LogP contribution in [-0.2, 0) is 4.79 Å². The van der Waals surface area contributed by atoms with Crippen molar-refractivity contribution in [2.75, 3.05) is 19.6 Å². The first-order valence-electron chi connectivity index (χ1n) is 7.86. The number of benzene rings is 1. The van der Waals surface area contributed by atoms with Crippen molar-refractivity contribution in [3.63, 3.8) is 0 Å². The van der Waals surface area contributed by atoms with Crippen molar-refractivity contribution < 1.29 is 18.4 Å². The van der Waals surface area contributed by atoms with Crippen molar-refractivity contribution in [2.24, 2.45) is 5.73 Å². The molecule has 3 N–H and O–H groups in total. The zero-order chi connectivity index (χ0) is 17.7. The van der Waals surface area contributed by atoms with Crippen molar-refractivity contribution in [3.05, 3.63) is 34.4 Å². The van der Waals surface area contributed by atoms with Gasteiger partial charge in [0.05, 0.1) is 10.6 Å². The number of rotatable bonds is 5. The molecule has 1 heterocycles. The predicted octanol–water partition coefficient (Wildman–Crippen LogP) is 2.08. The first-order valence-corrected chi connectivity index (χ1v) is 8.24. The standard InChI is InChI=1S/C16H20ClF2N3O2/c17-12-8-14(19)13(18)7-11(12)16(24)22-6-2-1-3-10(22)9-21-15(23)4-5-20/h7-8,10H,1-6,9,20H2,(H,21,23). The number of piperidine rings is 1. The van der Waals surface area contributed by atoms with E-state index in [1.54, 1.807) is 4.90 Å². The molecule has 1 fully saturated rings. The van der Waals surface area contributed by atoms with E-state index < -0.39 is 17.5 Å². The average molecular weight is 360 g/mol. The van der Waals surface area contributed by atoms with Gasteiger partial charge >= 0.3 is 0 Å². The Kier molecular flexibility index (Phi) is 6.51. The zero-order valence-electron chi connectivity index (χ0n) is 13.2. The number of nitrogens with one attached hydrogen (secondary N) is 1. The van der Waals surface area contributed by atoms with E-state index in [2.05, 4.69) is 5.32 Å². The molecule has 1 aliphatic heterocycles. The number of nitrogens with zero attached hydrogens (tertiary/aromatic N) is 1. The molecule has 0 spiro atoms. The molecule has 1 aromatic carbocycles. The highest BCUT2D eigenvalue weighted by Gasteiger charge is 2.29. The van der Waals surface area contributed by atoms with Crippen LogP contribution in [0.2, 0.25) is 5.02 Å². The summed E-state index contributed by atoms with van der Waals surface area (Å²) in [5, 5.41) is 2.62. The second kappa shape index (κ2) is 8.39. The molecule has 132 valence electrons. The lowest BCUT2D eigenvalue weighted by molar-refractivity contribution is -0.121. The molecular formula is C16H20ClF2N3O2. The van der Waals surface area contributed by atoms with Gasteiger partial charge in [0.15, 0.2) is 11.6 Å². The summed E-state index contributed by atoms with van der Waals surface area (Å²) in [7, 11) is 0. The van der Waals surface area contributed by atoms with Crippen LogP contribution in [0.3, 0.4) is 0 Å². The summed E-state index contributed by atoms with van der Waals surface area (Å²) in [6.45, 7) is 1.03. The maximum absolute atomic E-state index is 13.4. The van der Waals surface area contributed by atoms with Crippen molar-refractivity contribution in [1.29, 1.82) is 0 Å². The van der Waals surface area contributed by atoms with E-state index in [1.807, 2.05) is 0 Å². The third kappa shape index (κ3) is 4.42. The van der Waals surface area contributed by atoms with Gasteiger partial charge in [-0.2, -0.15) is 0 Å². The lowest BCUT2D eigenvalue weighted by Gasteiger charge is -2.36. The number of nitrogens with two attached hydrogens (primary N) is 1. The fourth-order valence-corrected chi connectivity index (χ4v) is 3.00. The topological polar surface area (TPSA) is 75.4 Å². The number of hydrogen-bond donors (Lipinski definition) is 2. The van der Waals surface area contributed by atoms with Crippen LogP contribution in [0.1, 0.15) is 36.0 Å². The quantitative estimate of drug-likeness (QED) is 0.790. The highest BCUT2D eigenvalue weighted by molar-refractivity contribution is 6.33. The molecule has 1 unspecified atom stereocenters. The van der Waals surface area contributed by atoms with Crippen LogP contribution in [0, 0.1) is 11.6 Å². The minimum atomic E-state index is -1.12. The minimum absolute atomic E-state index is 0.0734. The Labute approximate surface area is 144 Å². The molecule has 24 heavy (non-hydrogen) atoms. The second-order valence-corrected chi connectivity index (χ2v) is 6.14. The maximum Gasteiger partial charge on any atom is 0.255 e. The molecule has 0 aromatic heterocycles. The number of likely N-dealkylation sites (tertiary alicyclic amines) is 1. The summed E-state index contributed by atoms with van der Waals surface area (Å²) in [5.74, 6) is -2.86. The molecule has 0 bridgehead atoms. The molecule has 2 amide bonds. The van der Waals surface area contributed by atoms with Gasteiger partial charge in [-0.3, -0.25) is 9.59 Å². The van der Waals surface area contributed by atoms with E-state index in [-0.39, 0.29) is 35.5 Å².